The summed E-state index contributed by atoms with van der Waals surface area (Å²) in [4.78, 5) is 27.4. The Bertz CT molecular complexity index is 1470. The Morgan fingerprint density at radius 2 is 1.68 bits per heavy atom. The van der Waals surface area contributed by atoms with E-state index in [2.05, 4.69) is 0 Å². The summed E-state index contributed by atoms with van der Waals surface area (Å²) in [6.07, 6.45) is 1.72. The molecule has 4 aromatic carbocycles. The molecule has 0 N–H and O–H groups in total. The lowest BCUT2D eigenvalue weighted by Crippen LogP contribution is -2.27. The molecule has 1 aliphatic rings. The largest absolute Gasteiger partial charge is 0.488 e. The molecule has 0 atom stereocenters. The molecule has 168 valence electrons. The summed E-state index contributed by atoms with van der Waals surface area (Å²) in [6, 6.07) is 25.8. The zero-order valence-electron chi connectivity index (χ0n) is 17.7. The predicted molar refractivity (Wildman–Crippen MR) is 140 cm³/mol. The number of imide groups is 1. The molecule has 0 bridgehead atoms. The number of nitrogens with zero attached hydrogens (tertiary/aromatic N) is 1. The summed E-state index contributed by atoms with van der Waals surface area (Å²) in [5.41, 5.74) is 2.01. The molecule has 4 nitrogen and oxygen atoms in total. The molecule has 0 unspecified atom stereocenters. The molecule has 34 heavy (non-hydrogen) atoms. The number of ether oxygens (including phenoxy) is 1. The van der Waals surface area contributed by atoms with Crippen LogP contribution in [0.3, 0.4) is 0 Å². The van der Waals surface area contributed by atoms with Crippen molar-refractivity contribution in [2.75, 3.05) is 4.90 Å². The van der Waals surface area contributed by atoms with Gasteiger partial charge in [0.2, 0.25) is 0 Å². The molecule has 0 spiro atoms. The maximum absolute atomic E-state index is 13.2. The van der Waals surface area contributed by atoms with Gasteiger partial charge in [-0.05, 0) is 58.9 Å². The zero-order chi connectivity index (χ0) is 23.7. The van der Waals surface area contributed by atoms with E-state index in [1.54, 1.807) is 30.3 Å². The highest BCUT2D eigenvalue weighted by atomic mass is 35.5. The second-order valence-electron chi connectivity index (χ2n) is 7.58. The van der Waals surface area contributed by atoms with Gasteiger partial charge < -0.3 is 4.74 Å². The zero-order valence-corrected chi connectivity index (χ0v) is 20.0. The SMILES string of the molecule is O=C1S/C(=C/c2c(OCc3ccccc3Cl)ccc3ccccc23)C(=O)N1c1cccc(Cl)c1. The lowest BCUT2D eigenvalue weighted by atomic mass is 10.0. The summed E-state index contributed by atoms with van der Waals surface area (Å²) >= 11 is 13.3. The van der Waals surface area contributed by atoms with Crippen LogP contribution in [0.2, 0.25) is 10.0 Å². The Morgan fingerprint density at radius 3 is 2.50 bits per heavy atom. The van der Waals surface area contributed by atoms with Crippen LogP contribution in [0, 0.1) is 0 Å². The molecule has 5 rings (SSSR count). The highest BCUT2D eigenvalue weighted by molar-refractivity contribution is 8.19. The first kappa shape index (κ1) is 22.5. The fourth-order valence-corrected chi connectivity index (χ4v) is 4.96. The van der Waals surface area contributed by atoms with Crippen LogP contribution in [0.25, 0.3) is 16.8 Å². The second kappa shape index (κ2) is 9.55. The molecule has 2 amide bonds. The predicted octanol–water partition coefficient (Wildman–Crippen LogP) is 7.97. The normalized spacial score (nSPS) is 14.9. The van der Waals surface area contributed by atoms with Gasteiger partial charge >= 0.3 is 0 Å². The number of carbonyl (C=O) groups is 2. The van der Waals surface area contributed by atoms with Crippen molar-refractivity contribution in [2.24, 2.45) is 0 Å². The first-order valence-corrected chi connectivity index (χ1v) is 12.0. The third kappa shape index (κ3) is 4.42. The summed E-state index contributed by atoms with van der Waals surface area (Å²) in [7, 11) is 0. The highest BCUT2D eigenvalue weighted by Crippen LogP contribution is 2.39. The molecular weight excluding hydrogens is 489 g/mol. The van der Waals surface area contributed by atoms with E-state index < -0.39 is 5.91 Å². The minimum atomic E-state index is -0.401. The van der Waals surface area contributed by atoms with Crippen molar-refractivity contribution in [3.8, 4) is 5.75 Å². The van der Waals surface area contributed by atoms with E-state index in [1.807, 2.05) is 60.7 Å². The molecule has 1 fully saturated rings. The maximum Gasteiger partial charge on any atom is 0.298 e. The number of carbonyl (C=O) groups excluding carboxylic acids is 2. The number of anilines is 1. The van der Waals surface area contributed by atoms with Crippen LogP contribution in [-0.4, -0.2) is 11.1 Å². The van der Waals surface area contributed by atoms with Crippen molar-refractivity contribution in [1.29, 1.82) is 0 Å². The van der Waals surface area contributed by atoms with Gasteiger partial charge in [-0.1, -0.05) is 77.8 Å². The van der Waals surface area contributed by atoms with Gasteiger partial charge in [-0.2, -0.15) is 0 Å². The molecule has 0 aliphatic carbocycles. The maximum atomic E-state index is 13.2. The number of fused-ring (bicyclic) bond motifs is 1. The molecule has 7 heteroatoms. The number of halogens is 2. The fourth-order valence-electron chi connectivity index (χ4n) is 3.76. The molecule has 1 saturated heterocycles. The Labute approximate surface area is 210 Å². The minimum absolute atomic E-state index is 0.267. The van der Waals surface area contributed by atoms with E-state index in [0.717, 1.165) is 38.6 Å². The van der Waals surface area contributed by atoms with E-state index in [9.17, 15) is 9.59 Å². The Hall–Kier alpha value is -3.25. The van der Waals surface area contributed by atoms with E-state index in [0.29, 0.717) is 26.4 Å². The number of benzene rings is 4. The molecule has 0 saturated carbocycles. The summed E-state index contributed by atoms with van der Waals surface area (Å²) in [6.45, 7) is 0.267. The number of hydrogen-bond donors (Lipinski definition) is 0. The number of hydrogen-bond acceptors (Lipinski definition) is 4. The van der Waals surface area contributed by atoms with Gasteiger partial charge in [-0.15, -0.1) is 0 Å². The Morgan fingerprint density at radius 1 is 0.882 bits per heavy atom. The Balaban J connectivity index is 1.54. The van der Waals surface area contributed by atoms with E-state index >= 15 is 0 Å². The highest BCUT2D eigenvalue weighted by Gasteiger charge is 2.36. The van der Waals surface area contributed by atoms with Crippen LogP contribution >= 0.6 is 35.0 Å². The van der Waals surface area contributed by atoms with Crippen LogP contribution < -0.4 is 9.64 Å². The van der Waals surface area contributed by atoms with Gasteiger partial charge in [0, 0.05) is 21.2 Å². The first-order valence-electron chi connectivity index (χ1n) is 10.4. The third-order valence-corrected chi connectivity index (χ3v) is 6.88. The lowest BCUT2D eigenvalue weighted by Gasteiger charge is -2.14. The molecule has 0 aromatic heterocycles. The van der Waals surface area contributed by atoms with Gasteiger partial charge in [0.15, 0.2) is 0 Å². The summed E-state index contributed by atoms with van der Waals surface area (Å²) in [5.74, 6) is 0.190. The molecule has 1 aliphatic heterocycles. The van der Waals surface area contributed by atoms with Gasteiger partial charge in [0.25, 0.3) is 11.1 Å². The average Bonchev–Trinajstić information content (AvgIpc) is 3.12. The number of thioether (sulfide) groups is 1. The van der Waals surface area contributed by atoms with Crippen LogP contribution in [0.1, 0.15) is 11.1 Å². The second-order valence-corrected chi connectivity index (χ2v) is 9.41. The van der Waals surface area contributed by atoms with Crippen LogP contribution in [-0.2, 0) is 11.4 Å². The van der Waals surface area contributed by atoms with Gasteiger partial charge in [0.1, 0.15) is 12.4 Å². The average molecular weight is 506 g/mol. The standard InChI is InChI=1S/C27H17Cl2NO3S/c28-19-8-5-9-20(14-19)30-26(31)25(34-27(30)32)15-22-21-10-3-1-6-17(21)12-13-24(22)33-16-18-7-2-4-11-23(18)29/h1-15H,16H2/b25-15+. The van der Waals surface area contributed by atoms with Gasteiger partial charge in [0.05, 0.1) is 10.6 Å². The van der Waals surface area contributed by atoms with Crippen molar-refractivity contribution in [2.45, 2.75) is 6.61 Å². The quantitative estimate of drug-likeness (QED) is 0.258. The fraction of sp³-hybridized carbons (Fsp3) is 0.0370. The summed E-state index contributed by atoms with van der Waals surface area (Å²) in [5, 5.41) is 2.59. The smallest absolute Gasteiger partial charge is 0.298 e. The summed E-state index contributed by atoms with van der Waals surface area (Å²) < 4.78 is 6.15. The topological polar surface area (TPSA) is 46.6 Å². The van der Waals surface area contributed by atoms with E-state index in [1.165, 1.54) is 0 Å². The number of amides is 2. The van der Waals surface area contributed by atoms with Gasteiger partial charge in [-0.3, -0.25) is 9.59 Å². The van der Waals surface area contributed by atoms with Crippen molar-refractivity contribution in [3.63, 3.8) is 0 Å². The van der Waals surface area contributed by atoms with Crippen molar-refractivity contribution in [1.82, 2.24) is 0 Å². The van der Waals surface area contributed by atoms with Crippen LogP contribution in [0.15, 0.2) is 89.8 Å². The van der Waals surface area contributed by atoms with E-state index in [-0.39, 0.29) is 11.8 Å². The number of rotatable bonds is 5. The van der Waals surface area contributed by atoms with Crippen molar-refractivity contribution >= 4 is 68.6 Å². The van der Waals surface area contributed by atoms with Crippen LogP contribution in [0.5, 0.6) is 5.75 Å². The Kier molecular flexibility index (Phi) is 6.33. The molecule has 4 aromatic rings. The lowest BCUT2D eigenvalue weighted by molar-refractivity contribution is -0.113. The minimum Gasteiger partial charge on any atom is -0.488 e. The van der Waals surface area contributed by atoms with Crippen molar-refractivity contribution in [3.05, 3.63) is 111 Å². The van der Waals surface area contributed by atoms with E-state index in [4.69, 9.17) is 27.9 Å². The van der Waals surface area contributed by atoms with Crippen molar-refractivity contribution < 1.29 is 14.3 Å². The van der Waals surface area contributed by atoms with Gasteiger partial charge in [-0.25, -0.2) is 4.90 Å². The van der Waals surface area contributed by atoms with Crippen LogP contribution in [0.4, 0.5) is 10.5 Å². The third-order valence-electron chi connectivity index (χ3n) is 5.41. The molecular formula is C27H17Cl2NO3S. The monoisotopic (exact) mass is 505 g/mol. The molecule has 1 heterocycles. The first-order chi connectivity index (χ1) is 16.5. The molecule has 0 radical (unpaired) electrons.